The van der Waals surface area contributed by atoms with Crippen molar-refractivity contribution in [3.05, 3.63) is 73.6 Å². The molecule has 0 saturated heterocycles. The third-order valence-electron chi connectivity index (χ3n) is 5.22. The Labute approximate surface area is 176 Å². The number of nitrogens with zero attached hydrogens (tertiary/aromatic N) is 2. The number of hydrogen-bond acceptors (Lipinski definition) is 5. The largest absolute Gasteiger partial charge is 0.330 e. The van der Waals surface area contributed by atoms with Gasteiger partial charge in [0.2, 0.25) is 5.91 Å². The Morgan fingerprint density at radius 3 is 2.89 bits per heavy atom. The summed E-state index contributed by atoms with van der Waals surface area (Å²) in [6.07, 6.45) is 3.27. The van der Waals surface area contributed by atoms with Gasteiger partial charge in [-0.1, -0.05) is 18.2 Å². The van der Waals surface area contributed by atoms with Crippen molar-refractivity contribution in [2.45, 2.75) is 31.7 Å². The molecule has 142 valence electrons. The van der Waals surface area contributed by atoms with Crippen molar-refractivity contribution < 1.29 is 4.79 Å². The van der Waals surface area contributed by atoms with Gasteiger partial charge >= 0.3 is 0 Å². The van der Waals surface area contributed by atoms with Crippen molar-refractivity contribution in [2.75, 3.05) is 6.54 Å². The van der Waals surface area contributed by atoms with Crippen molar-refractivity contribution in [3.8, 4) is 0 Å². The van der Waals surface area contributed by atoms with Crippen molar-refractivity contribution >= 4 is 50.1 Å². The van der Waals surface area contributed by atoms with E-state index in [4.69, 9.17) is 4.98 Å². The van der Waals surface area contributed by atoms with Gasteiger partial charge in [0.15, 0.2) is 0 Å². The topological polar surface area (TPSA) is 33.2 Å². The number of thiophene rings is 2. The zero-order valence-corrected chi connectivity index (χ0v) is 17.8. The number of hydrogen-bond donors (Lipinski definition) is 0. The van der Waals surface area contributed by atoms with Crippen LogP contribution in [-0.2, 0) is 17.6 Å². The molecule has 0 bridgehead atoms. The molecule has 3 aromatic heterocycles. The summed E-state index contributed by atoms with van der Waals surface area (Å²) >= 11 is 5.30. The highest BCUT2D eigenvalue weighted by atomic mass is 32.1. The van der Waals surface area contributed by atoms with Crippen molar-refractivity contribution in [1.82, 2.24) is 9.88 Å². The Hall–Kier alpha value is -2.02. The number of benzene rings is 1. The van der Waals surface area contributed by atoms with Gasteiger partial charge in [0.25, 0.3) is 0 Å². The van der Waals surface area contributed by atoms with E-state index >= 15 is 0 Å². The van der Waals surface area contributed by atoms with Crippen molar-refractivity contribution in [3.63, 3.8) is 0 Å². The van der Waals surface area contributed by atoms with Gasteiger partial charge in [-0.05, 0) is 59.9 Å². The van der Waals surface area contributed by atoms with E-state index in [0.29, 0.717) is 6.42 Å². The minimum Gasteiger partial charge on any atom is -0.330 e. The predicted octanol–water partition coefficient (Wildman–Crippen LogP) is 5.92. The van der Waals surface area contributed by atoms with E-state index in [1.165, 1.54) is 20.0 Å². The number of thiazole rings is 1. The lowest BCUT2D eigenvalue weighted by molar-refractivity contribution is -0.133. The first-order valence-corrected chi connectivity index (χ1v) is 12.1. The highest BCUT2D eigenvalue weighted by molar-refractivity contribution is 7.18. The quantitative estimate of drug-likeness (QED) is 0.399. The fourth-order valence-corrected chi connectivity index (χ4v) is 6.67. The molecule has 5 rings (SSSR count). The molecule has 0 radical (unpaired) electrons. The van der Waals surface area contributed by atoms with E-state index in [1.54, 1.807) is 22.7 Å². The van der Waals surface area contributed by atoms with Gasteiger partial charge in [-0.15, -0.1) is 34.0 Å². The third-order valence-corrected chi connectivity index (χ3v) is 8.24. The molecule has 0 aliphatic carbocycles. The molecular weight excluding hydrogens is 404 g/mol. The second-order valence-corrected chi connectivity index (χ2v) is 10.1. The molecular formula is C22H20N2OS3. The highest BCUT2D eigenvalue weighted by Crippen LogP contribution is 2.39. The molecule has 1 aromatic carbocycles. The second-order valence-electron chi connectivity index (χ2n) is 6.98. The van der Waals surface area contributed by atoms with Gasteiger partial charge in [0.05, 0.1) is 21.3 Å². The summed E-state index contributed by atoms with van der Waals surface area (Å²) in [6, 6.07) is 14.8. The van der Waals surface area contributed by atoms with Gasteiger partial charge in [0.1, 0.15) is 0 Å². The van der Waals surface area contributed by atoms with Crippen LogP contribution in [0.1, 0.15) is 39.2 Å². The average molecular weight is 425 g/mol. The standard InChI is InChI=1S/C22H20N2OS3/c25-21(9-3-8-20-23-16-5-1-2-6-18(16)28-20)24-12-10-17-15(11-14-27-17)22(24)19-7-4-13-26-19/h1-2,4-7,11,13-14,22H,3,8-10,12H2. The number of amides is 1. The van der Waals surface area contributed by atoms with Gasteiger partial charge in [-0.2, -0.15) is 0 Å². The molecule has 0 N–H and O–H groups in total. The molecule has 1 aliphatic heterocycles. The van der Waals surface area contributed by atoms with E-state index < -0.39 is 0 Å². The Morgan fingerprint density at radius 1 is 1.11 bits per heavy atom. The van der Waals surface area contributed by atoms with E-state index in [9.17, 15) is 4.79 Å². The fourth-order valence-electron chi connectivity index (χ4n) is 3.90. The molecule has 1 unspecified atom stereocenters. The highest BCUT2D eigenvalue weighted by Gasteiger charge is 2.32. The smallest absolute Gasteiger partial charge is 0.223 e. The normalized spacial score (nSPS) is 16.4. The lowest BCUT2D eigenvalue weighted by Crippen LogP contribution is -2.39. The van der Waals surface area contributed by atoms with Crippen LogP contribution in [-0.4, -0.2) is 22.3 Å². The minimum absolute atomic E-state index is 0.0879. The summed E-state index contributed by atoms with van der Waals surface area (Å²) in [6.45, 7) is 0.816. The van der Waals surface area contributed by atoms with Crippen LogP contribution >= 0.6 is 34.0 Å². The first kappa shape index (κ1) is 18.0. The molecule has 1 aliphatic rings. The maximum atomic E-state index is 13.1. The zero-order valence-electron chi connectivity index (χ0n) is 15.3. The predicted molar refractivity (Wildman–Crippen MR) is 118 cm³/mol. The molecule has 3 nitrogen and oxygen atoms in total. The summed E-state index contributed by atoms with van der Waals surface area (Å²) in [7, 11) is 0. The minimum atomic E-state index is 0.0879. The summed E-state index contributed by atoms with van der Waals surface area (Å²) < 4.78 is 1.22. The number of carbonyl (C=O) groups is 1. The number of carbonyl (C=O) groups excluding carboxylic acids is 1. The lowest BCUT2D eigenvalue weighted by Gasteiger charge is -2.35. The summed E-state index contributed by atoms with van der Waals surface area (Å²) in [4.78, 5) is 22.6. The first-order valence-electron chi connectivity index (χ1n) is 9.53. The summed E-state index contributed by atoms with van der Waals surface area (Å²) in [5.41, 5.74) is 2.38. The zero-order chi connectivity index (χ0) is 18.9. The molecule has 4 aromatic rings. The van der Waals surface area contributed by atoms with Gasteiger partial charge in [-0.3, -0.25) is 4.79 Å². The van der Waals surface area contributed by atoms with Crippen LogP contribution in [0, 0.1) is 0 Å². The Kier molecular flexibility index (Phi) is 5.01. The Balaban J connectivity index is 1.29. The van der Waals surface area contributed by atoms with Crippen LogP contribution in [0.25, 0.3) is 10.2 Å². The maximum Gasteiger partial charge on any atom is 0.223 e. The Morgan fingerprint density at radius 2 is 2.04 bits per heavy atom. The summed E-state index contributed by atoms with van der Waals surface area (Å²) in [5, 5.41) is 5.39. The van der Waals surface area contributed by atoms with Crippen LogP contribution < -0.4 is 0 Å². The monoisotopic (exact) mass is 424 g/mol. The molecule has 28 heavy (non-hydrogen) atoms. The SMILES string of the molecule is O=C(CCCc1nc2ccccc2s1)N1CCc2sccc2C1c1cccs1. The summed E-state index contributed by atoms with van der Waals surface area (Å²) in [5.74, 6) is 0.261. The van der Waals surface area contributed by atoms with Crippen LogP contribution in [0.4, 0.5) is 0 Å². The first-order chi connectivity index (χ1) is 13.8. The molecule has 6 heteroatoms. The lowest BCUT2D eigenvalue weighted by atomic mass is 9.98. The van der Waals surface area contributed by atoms with Crippen molar-refractivity contribution in [1.29, 1.82) is 0 Å². The van der Waals surface area contributed by atoms with E-state index in [1.807, 2.05) is 23.5 Å². The van der Waals surface area contributed by atoms with Crippen molar-refractivity contribution in [2.24, 2.45) is 0 Å². The van der Waals surface area contributed by atoms with E-state index in [-0.39, 0.29) is 11.9 Å². The Bertz CT molecular complexity index is 1060. The number of aryl methyl sites for hydroxylation is 1. The van der Waals surface area contributed by atoms with Gasteiger partial charge in [0, 0.05) is 22.7 Å². The van der Waals surface area contributed by atoms with Gasteiger partial charge < -0.3 is 4.90 Å². The maximum absolute atomic E-state index is 13.1. The molecule has 1 amide bonds. The van der Waals surface area contributed by atoms with E-state index in [2.05, 4.69) is 46.0 Å². The van der Waals surface area contributed by atoms with Crippen LogP contribution in [0.2, 0.25) is 0 Å². The number of fused-ring (bicyclic) bond motifs is 2. The molecule has 0 fully saturated rings. The molecule has 1 atom stereocenters. The average Bonchev–Trinajstić information content (AvgIpc) is 3.46. The van der Waals surface area contributed by atoms with Crippen LogP contribution in [0.15, 0.2) is 53.2 Å². The number of para-hydroxylation sites is 1. The second kappa shape index (κ2) is 7.78. The van der Waals surface area contributed by atoms with Gasteiger partial charge in [-0.25, -0.2) is 4.98 Å². The number of aromatic nitrogens is 1. The molecule has 4 heterocycles. The third kappa shape index (κ3) is 3.41. The van der Waals surface area contributed by atoms with E-state index in [0.717, 1.165) is 36.3 Å². The fraction of sp³-hybridized carbons (Fsp3) is 0.273. The van der Waals surface area contributed by atoms with Crippen LogP contribution in [0.3, 0.4) is 0 Å². The van der Waals surface area contributed by atoms with Crippen LogP contribution in [0.5, 0.6) is 0 Å². The number of rotatable bonds is 5. The molecule has 0 spiro atoms. The molecule has 0 saturated carbocycles.